The van der Waals surface area contributed by atoms with Gasteiger partial charge in [0.05, 0.1) is 33.8 Å². The summed E-state index contributed by atoms with van der Waals surface area (Å²) in [5.74, 6) is 0. The normalized spacial score (nSPS) is 14.1. The van der Waals surface area contributed by atoms with Gasteiger partial charge in [0.1, 0.15) is 0 Å². The lowest BCUT2D eigenvalue weighted by atomic mass is 9.36. The van der Waals surface area contributed by atoms with Crippen LogP contribution in [0.15, 0.2) is 133 Å². The molecule has 10 aromatic rings. The zero-order valence-electron chi connectivity index (χ0n) is 30.9. The fourth-order valence-electron chi connectivity index (χ4n) is 10.1. The van der Waals surface area contributed by atoms with Crippen LogP contribution in [0.3, 0.4) is 0 Å². The monoisotopic (exact) mass is 739 g/mol. The molecule has 0 unspecified atom stereocenters. The Hall–Kier alpha value is -5.82. The third-order valence-corrected chi connectivity index (χ3v) is 14.8. The summed E-state index contributed by atoms with van der Waals surface area (Å²) >= 11 is 3.88. The fourth-order valence-corrected chi connectivity index (χ4v) is 12.5. The molecule has 0 aliphatic carbocycles. The van der Waals surface area contributed by atoms with Crippen molar-refractivity contribution in [3.05, 3.63) is 145 Å². The molecule has 0 bridgehead atoms. The van der Waals surface area contributed by atoms with E-state index in [-0.39, 0.29) is 12.1 Å². The Bertz CT molecular complexity index is 3360. The molecule has 6 heterocycles. The summed E-state index contributed by atoms with van der Waals surface area (Å²) < 4.78 is 7.96. The van der Waals surface area contributed by atoms with Gasteiger partial charge in [0.15, 0.2) is 0 Å². The average Bonchev–Trinajstić information content (AvgIpc) is 3.87. The minimum Gasteiger partial charge on any atom is -0.310 e. The van der Waals surface area contributed by atoms with Gasteiger partial charge in [-0.15, -0.1) is 22.7 Å². The van der Waals surface area contributed by atoms with E-state index in [1.807, 2.05) is 22.7 Å². The molecular formula is C49H34BN3S2. The second-order valence-corrected chi connectivity index (χ2v) is 18.8. The van der Waals surface area contributed by atoms with Gasteiger partial charge in [-0.25, -0.2) is 0 Å². The topological polar surface area (TPSA) is 11.4 Å². The lowest BCUT2D eigenvalue weighted by Crippen LogP contribution is -2.61. The summed E-state index contributed by atoms with van der Waals surface area (Å²) in [6, 6.07) is 51.0. The second kappa shape index (κ2) is 10.3. The Kier molecular flexibility index (Phi) is 5.70. The molecule has 0 amide bonds. The van der Waals surface area contributed by atoms with E-state index in [9.17, 15) is 0 Å². The van der Waals surface area contributed by atoms with Gasteiger partial charge in [-0.3, -0.25) is 0 Å². The van der Waals surface area contributed by atoms with E-state index in [2.05, 4.69) is 176 Å². The zero-order chi connectivity index (χ0) is 36.5. The maximum atomic E-state index is 2.63. The van der Waals surface area contributed by atoms with Crippen molar-refractivity contribution < 1.29 is 0 Å². The molecule has 6 heteroatoms. The van der Waals surface area contributed by atoms with E-state index in [0.29, 0.717) is 0 Å². The number of benzene rings is 7. The van der Waals surface area contributed by atoms with Crippen LogP contribution in [0.25, 0.3) is 57.8 Å². The van der Waals surface area contributed by atoms with Gasteiger partial charge in [-0.05, 0) is 95.1 Å². The summed E-state index contributed by atoms with van der Waals surface area (Å²) in [5.41, 5.74) is 16.9. The van der Waals surface area contributed by atoms with Crippen molar-refractivity contribution in [3.63, 3.8) is 0 Å². The van der Waals surface area contributed by atoms with E-state index in [1.54, 1.807) is 0 Å². The third kappa shape index (κ3) is 3.81. The van der Waals surface area contributed by atoms with Gasteiger partial charge in [0, 0.05) is 62.9 Å². The zero-order valence-corrected chi connectivity index (χ0v) is 32.6. The molecule has 0 saturated heterocycles. The standard InChI is InChI=1S/C49H34BN3S2/c1-27-23-39-44-40(24-27)53-37-16-9-13-33-30-11-5-7-15-36(30)52(45(33)37)38-17-10-14-35(47(38)53)50(44)48-46(34-25-28(49(2,3)4)19-22-42(34)55-48)51(39)29-20-21-32-31-12-6-8-18-41(31)54-43(32)26-29/h5-26H,1-4H3. The molecule has 13 rings (SSSR count). The number of aryl methyl sites for hydroxylation is 1. The molecular weight excluding hydrogens is 706 g/mol. The molecule has 0 N–H and O–H groups in total. The van der Waals surface area contributed by atoms with Crippen LogP contribution >= 0.6 is 22.7 Å². The van der Waals surface area contributed by atoms with Crippen LogP contribution in [-0.2, 0) is 5.41 Å². The molecule has 3 aliphatic rings. The van der Waals surface area contributed by atoms with Crippen LogP contribution < -0.4 is 25.5 Å². The molecule has 0 atom stereocenters. The van der Waals surface area contributed by atoms with Crippen LogP contribution in [0.4, 0.5) is 34.1 Å². The Labute approximate surface area is 327 Å². The smallest absolute Gasteiger partial charge is 0.264 e. The van der Waals surface area contributed by atoms with Crippen molar-refractivity contribution in [1.29, 1.82) is 0 Å². The molecule has 7 aromatic carbocycles. The quantitative estimate of drug-likeness (QED) is 0.155. The second-order valence-electron chi connectivity index (χ2n) is 16.6. The Morgan fingerprint density at radius 1 is 0.527 bits per heavy atom. The summed E-state index contributed by atoms with van der Waals surface area (Å²) in [6.07, 6.45) is 0. The maximum Gasteiger partial charge on any atom is 0.264 e. The SMILES string of the molecule is Cc1cc2c3c(c1)N1c4c(cccc4-n4c5ccccc5c5cccc1c54)B3c1sc3ccc(C(C)(C)C)cc3c1N2c1ccc2c(c1)sc1ccccc12. The number of aromatic nitrogens is 1. The number of hydrogen-bond donors (Lipinski definition) is 0. The number of fused-ring (bicyclic) bond motifs is 14. The van der Waals surface area contributed by atoms with Crippen molar-refractivity contribution in [2.75, 3.05) is 9.80 Å². The number of hydrogen-bond acceptors (Lipinski definition) is 4. The molecule has 3 aliphatic heterocycles. The number of nitrogens with zero attached hydrogens (tertiary/aromatic N) is 3. The minimum absolute atomic E-state index is 0.0300. The lowest BCUT2D eigenvalue weighted by Gasteiger charge is -2.45. The first kappa shape index (κ1) is 30.5. The predicted octanol–water partition coefficient (Wildman–Crippen LogP) is 12.4. The number of thiophene rings is 2. The fraction of sp³-hybridized carbons (Fsp3) is 0.102. The largest absolute Gasteiger partial charge is 0.310 e. The van der Waals surface area contributed by atoms with E-state index in [4.69, 9.17) is 0 Å². The van der Waals surface area contributed by atoms with Crippen molar-refractivity contribution >= 4 is 131 Å². The van der Waals surface area contributed by atoms with Crippen LogP contribution in [0.5, 0.6) is 0 Å². The Morgan fingerprint density at radius 2 is 1.25 bits per heavy atom. The average molecular weight is 740 g/mol. The van der Waals surface area contributed by atoms with E-state index in [1.165, 1.54) is 119 Å². The molecule has 0 saturated carbocycles. The van der Waals surface area contributed by atoms with E-state index < -0.39 is 0 Å². The number of rotatable bonds is 1. The summed E-state index contributed by atoms with van der Waals surface area (Å²) in [5, 5.41) is 6.60. The van der Waals surface area contributed by atoms with Crippen molar-refractivity contribution in [3.8, 4) is 5.69 Å². The third-order valence-electron chi connectivity index (χ3n) is 12.4. The van der Waals surface area contributed by atoms with Gasteiger partial charge < -0.3 is 14.4 Å². The first-order valence-corrected chi connectivity index (χ1v) is 20.9. The summed E-state index contributed by atoms with van der Waals surface area (Å²) in [7, 11) is 0. The summed E-state index contributed by atoms with van der Waals surface area (Å²) in [6.45, 7) is 9.36. The van der Waals surface area contributed by atoms with Gasteiger partial charge in [0.2, 0.25) is 0 Å². The summed E-state index contributed by atoms with van der Waals surface area (Å²) in [4.78, 5) is 5.24. The number of para-hydroxylation sites is 3. The minimum atomic E-state index is 0.0300. The lowest BCUT2D eigenvalue weighted by molar-refractivity contribution is 0.591. The van der Waals surface area contributed by atoms with E-state index >= 15 is 0 Å². The van der Waals surface area contributed by atoms with Gasteiger partial charge in [-0.1, -0.05) is 93.6 Å². The first-order chi connectivity index (χ1) is 26.8. The van der Waals surface area contributed by atoms with Gasteiger partial charge in [0.25, 0.3) is 6.71 Å². The van der Waals surface area contributed by atoms with Crippen LogP contribution in [-0.4, -0.2) is 11.3 Å². The predicted molar refractivity (Wildman–Crippen MR) is 240 cm³/mol. The van der Waals surface area contributed by atoms with Crippen LogP contribution in [0.2, 0.25) is 0 Å². The molecule has 0 radical (unpaired) electrons. The number of anilines is 6. The van der Waals surface area contributed by atoms with Gasteiger partial charge >= 0.3 is 0 Å². The van der Waals surface area contributed by atoms with Gasteiger partial charge in [-0.2, -0.15) is 0 Å². The molecule has 3 nitrogen and oxygen atoms in total. The highest BCUT2D eigenvalue weighted by Crippen LogP contribution is 2.54. The maximum absolute atomic E-state index is 2.63. The highest BCUT2D eigenvalue weighted by Gasteiger charge is 2.47. The van der Waals surface area contributed by atoms with Crippen LogP contribution in [0, 0.1) is 6.92 Å². The molecule has 3 aromatic heterocycles. The molecule has 260 valence electrons. The molecule has 55 heavy (non-hydrogen) atoms. The van der Waals surface area contributed by atoms with Crippen molar-refractivity contribution in [2.24, 2.45) is 0 Å². The highest BCUT2D eigenvalue weighted by molar-refractivity contribution is 7.33. The molecule has 0 fully saturated rings. The Balaban J connectivity index is 1.17. The Morgan fingerprint density at radius 3 is 2.13 bits per heavy atom. The first-order valence-electron chi connectivity index (χ1n) is 19.2. The van der Waals surface area contributed by atoms with Crippen molar-refractivity contribution in [1.82, 2.24) is 4.57 Å². The van der Waals surface area contributed by atoms with E-state index in [0.717, 1.165) is 0 Å². The van der Waals surface area contributed by atoms with Crippen LogP contribution in [0.1, 0.15) is 31.9 Å². The molecule has 0 spiro atoms. The highest BCUT2D eigenvalue weighted by atomic mass is 32.1. The van der Waals surface area contributed by atoms with Crippen molar-refractivity contribution in [2.45, 2.75) is 33.1 Å².